The Morgan fingerprint density at radius 3 is 2.14 bits per heavy atom. The summed E-state index contributed by atoms with van der Waals surface area (Å²) in [5.41, 5.74) is 8.76. The predicted molar refractivity (Wildman–Crippen MR) is 116 cm³/mol. The zero-order chi connectivity index (χ0) is 26.0. The first-order chi connectivity index (χ1) is 16.5. The number of hydrogen-bond acceptors (Lipinski definition) is 6. The number of benzene rings is 2. The summed E-state index contributed by atoms with van der Waals surface area (Å²) in [4.78, 5) is 26.9. The molecule has 0 aromatic heterocycles. The minimum absolute atomic E-state index is 0.0674. The molecule has 0 bridgehead atoms. The van der Waals surface area contributed by atoms with Crippen molar-refractivity contribution >= 4 is 11.9 Å². The maximum absolute atomic E-state index is 12.7. The van der Waals surface area contributed by atoms with E-state index in [1.807, 2.05) is 0 Å². The molecule has 2 unspecified atom stereocenters. The van der Waals surface area contributed by atoms with E-state index in [1.54, 1.807) is 12.1 Å². The number of aliphatic carboxylic acids is 1. The van der Waals surface area contributed by atoms with Gasteiger partial charge in [0, 0.05) is 11.3 Å². The van der Waals surface area contributed by atoms with Crippen LogP contribution in [0.15, 0.2) is 53.6 Å². The molecule has 0 saturated carbocycles. The summed E-state index contributed by atoms with van der Waals surface area (Å²) in [6.07, 6.45) is -5.93. The van der Waals surface area contributed by atoms with Crippen LogP contribution in [0.1, 0.15) is 16.7 Å². The van der Waals surface area contributed by atoms with Crippen LogP contribution >= 0.6 is 0 Å². The number of ether oxygens (including phenoxy) is 1. The van der Waals surface area contributed by atoms with Gasteiger partial charge in [0.15, 0.2) is 0 Å². The number of carboxylic acid groups (broad SMARTS) is 1. The highest BCUT2D eigenvalue weighted by Gasteiger charge is 2.30. The number of carbonyl (C=O) groups is 2. The fourth-order valence-corrected chi connectivity index (χ4v) is 2.97. The molecule has 0 aliphatic rings. The molecule has 0 radical (unpaired) electrons. The summed E-state index contributed by atoms with van der Waals surface area (Å²) in [5, 5.41) is 33.3. The van der Waals surface area contributed by atoms with Gasteiger partial charge in [0.2, 0.25) is 5.91 Å². The Balaban J connectivity index is 2.05. The minimum Gasteiger partial charge on any atom is -0.491 e. The standard InChI is InChI=1S/C22H23F3N4O6/c23-22(24,25)15-5-1-13(2-6-15)10-19(21(33)34)27-20(32)18(28-29-26)9-14-3-7-17(8-4-14)35-12-16(31)11-30/h1-8,16,18-19,30-31H,9-12H2,(H,27,32)(H,33,34)/t16?,18-,19?/m0/s1. The molecule has 188 valence electrons. The van der Waals surface area contributed by atoms with Crippen LogP contribution in [-0.4, -0.2) is 58.6 Å². The largest absolute Gasteiger partial charge is 0.491 e. The van der Waals surface area contributed by atoms with Crippen molar-refractivity contribution in [1.82, 2.24) is 5.32 Å². The van der Waals surface area contributed by atoms with Crippen molar-refractivity contribution in [2.24, 2.45) is 5.11 Å². The maximum atomic E-state index is 12.7. The molecule has 3 atom stereocenters. The van der Waals surface area contributed by atoms with E-state index in [2.05, 4.69) is 15.3 Å². The molecule has 13 heteroatoms. The lowest BCUT2D eigenvalue weighted by Crippen LogP contribution is -2.46. The van der Waals surface area contributed by atoms with E-state index in [0.717, 1.165) is 24.3 Å². The topological polar surface area (TPSA) is 165 Å². The summed E-state index contributed by atoms with van der Waals surface area (Å²) < 4.78 is 43.4. The first-order valence-corrected chi connectivity index (χ1v) is 10.3. The van der Waals surface area contributed by atoms with Crippen molar-refractivity contribution in [3.63, 3.8) is 0 Å². The van der Waals surface area contributed by atoms with Crippen molar-refractivity contribution < 1.29 is 42.8 Å². The van der Waals surface area contributed by atoms with Gasteiger partial charge in [-0.2, -0.15) is 13.2 Å². The number of carboxylic acids is 1. The average molecular weight is 496 g/mol. The Labute approximate surface area is 197 Å². The van der Waals surface area contributed by atoms with Gasteiger partial charge in [-0.15, -0.1) is 0 Å². The van der Waals surface area contributed by atoms with Crippen LogP contribution in [0.4, 0.5) is 13.2 Å². The van der Waals surface area contributed by atoms with Gasteiger partial charge >= 0.3 is 12.1 Å². The fourth-order valence-electron chi connectivity index (χ4n) is 2.97. The van der Waals surface area contributed by atoms with Crippen molar-refractivity contribution in [1.29, 1.82) is 0 Å². The van der Waals surface area contributed by atoms with Gasteiger partial charge < -0.3 is 25.4 Å². The van der Waals surface area contributed by atoms with Crippen molar-refractivity contribution in [3.05, 3.63) is 75.7 Å². The number of azide groups is 1. The van der Waals surface area contributed by atoms with Gasteiger partial charge in [0.1, 0.15) is 30.5 Å². The van der Waals surface area contributed by atoms with E-state index >= 15 is 0 Å². The van der Waals surface area contributed by atoms with Crippen LogP contribution in [-0.2, 0) is 28.6 Å². The summed E-state index contributed by atoms with van der Waals surface area (Å²) in [6, 6.07) is 7.34. The number of rotatable bonds is 12. The zero-order valence-electron chi connectivity index (χ0n) is 18.2. The van der Waals surface area contributed by atoms with Gasteiger partial charge in [-0.1, -0.05) is 29.4 Å². The second-order valence-corrected chi connectivity index (χ2v) is 7.51. The number of carbonyl (C=O) groups excluding carboxylic acids is 1. The maximum Gasteiger partial charge on any atom is 0.416 e. The summed E-state index contributed by atoms with van der Waals surface area (Å²) in [5.74, 6) is -1.90. The zero-order valence-corrected chi connectivity index (χ0v) is 18.2. The first-order valence-electron chi connectivity index (χ1n) is 10.3. The minimum atomic E-state index is -4.54. The second kappa shape index (κ2) is 12.6. The summed E-state index contributed by atoms with van der Waals surface area (Å²) in [7, 11) is 0. The molecule has 10 nitrogen and oxygen atoms in total. The molecule has 0 fully saturated rings. The van der Waals surface area contributed by atoms with Crippen LogP contribution in [0.5, 0.6) is 5.75 Å². The lowest BCUT2D eigenvalue weighted by molar-refractivity contribution is -0.142. The Morgan fingerprint density at radius 2 is 1.63 bits per heavy atom. The van der Waals surface area contributed by atoms with Gasteiger partial charge in [0.25, 0.3) is 0 Å². The van der Waals surface area contributed by atoms with E-state index < -0.39 is 48.4 Å². The van der Waals surface area contributed by atoms with Gasteiger partial charge in [-0.25, -0.2) is 4.79 Å². The number of amides is 1. The second-order valence-electron chi connectivity index (χ2n) is 7.51. The quantitative estimate of drug-likeness (QED) is 0.200. The molecule has 0 aliphatic heterocycles. The van der Waals surface area contributed by atoms with Crippen molar-refractivity contribution in [2.75, 3.05) is 13.2 Å². The van der Waals surface area contributed by atoms with Crippen LogP contribution in [0, 0.1) is 0 Å². The molecule has 0 spiro atoms. The number of hydrogen-bond donors (Lipinski definition) is 4. The molecule has 1 amide bonds. The monoisotopic (exact) mass is 496 g/mol. The number of nitrogens with zero attached hydrogens (tertiary/aromatic N) is 3. The van der Waals surface area contributed by atoms with Gasteiger partial charge in [-0.05, 0) is 47.3 Å². The number of nitrogens with one attached hydrogen (secondary N) is 1. The molecular weight excluding hydrogens is 473 g/mol. The molecule has 0 aliphatic carbocycles. The van der Waals surface area contributed by atoms with Gasteiger partial charge in [-0.3, -0.25) is 4.79 Å². The fraction of sp³-hybridized carbons (Fsp3) is 0.364. The van der Waals surface area contributed by atoms with Crippen molar-refractivity contribution in [3.8, 4) is 5.75 Å². The number of halogens is 3. The number of alkyl halides is 3. The van der Waals surface area contributed by atoms with Crippen molar-refractivity contribution in [2.45, 2.75) is 37.2 Å². The summed E-state index contributed by atoms with van der Waals surface area (Å²) in [6.45, 7) is -0.591. The summed E-state index contributed by atoms with van der Waals surface area (Å²) >= 11 is 0. The molecule has 0 saturated heterocycles. The smallest absolute Gasteiger partial charge is 0.416 e. The van der Waals surface area contributed by atoms with Crippen LogP contribution < -0.4 is 10.1 Å². The SMILES string of the molecule is [N-]=[N+]=N[C@@H](Cc1ccc(OCC(O)CO)cc1)C(=O)NC(Cc1ccc(C(F)(F)F)cc1)C(=O)O. The highest BCUT2D eigenvalue weighted by atomic mass is 19.4. The molecule has 2 rings (SSSR count). The molecular formula is C22H23F3N4O6. The van der Waals surface area contributed by atoms with E-state index in [-0.39, 0.29) is 25.0 Å². The third kappa shape index (κ3) is 8.81. The third-order valence-electron chi connectivity index (χ3n) is 4.83. The van der Waals surface area contributed by atoms with Crippen LogP contribution in [0.2, 0.25) is 0 Å². The molecule has 0 heterocycles. The first kappa shape index (κ1) is 27.4. The molecule has 2 aromatic carbocycles. The lowest BCUT2D eigenvalue weighted by atomic mass is 10.0. The van der Waals surface area contributed by atoms with E-state index in [0.29, 0.717) is 11.3 Å². The van der Waals surface area contributed by atoms with E-state index in [1.165, 1.54) is 12.1 Å². The normalized spacial score (nSPS) is 13.7. The average Bonchev–Trinajstić information content (AvgIpc) is 2.82. The Bertz CT molecular complexity index is 1040. The number of aliphatic hydroxyl groups is 2. The van der Waals surface area contributed by atoms with E-state index in [4.69, 9.17) is 15.4 Å². The Morgan fingerprint density at radius 1 is 1.06 bits per heavy atom. The highest BCUT2D eigenvalue weighted by molar-refractivity contribution is 5.87. The van der Waals surface area contributed by atoms with Gasteiger partial charge in [0.05, 0.1) is 12.2 Å². The molecule has 35 heavy (non-hydrogen) atoms. The van der Waals surface area contributed by atoms with E-state index in [9.17, 15) is 33.0 Å². The highest BCUT2D eigenvalue weighted by Crippen LogP contribution is 2.29. The predicted octanol–water partition coefficient (Wildman–Crippen LogP) is 2.47. The molecule has 2 aromatic rings. The van der Waals surface area contributed by atoms with Crippen LogP contribution in [0.25, 0.3) is 10.4 Å². The third-order valence-corrected chi connectivity index (χ3v) is 4.83. The Kier molecular flexibility index (Phi) is 9.88. The number of aliphatic hydroxyl groups excluding tert-OH is 2. The Hall–Kier alpha value is -3.80. The lowest BCUT2D eigenvalue weighted by Gasteiger charge is -2.18. The molecule has 4 N–H and O–H groups in total. The van der Waals surface area contributed by atoms with Crippen LogP contribution in [0.3, 0.4) is 0 Å².